The van der Waals surface area contributed by atoms with Gasteiger partial charge in [-0.3, -0.25) is 0 Å². The second-order valence-corrected chi connectivity index (χ2v) is 4.17. The third kappa shape index (κ3) is 3.08. The molecule has 0 fully saturated rings. The van der Waals surface area contributed by atoms with Crippen molar-refractivity contribution in [1.82, 2.24) is 4.98 Å². The van der Waals surface area contributed by atoms with E-state index in [4.69, 9.17) is 17.3 Å². The molecule has 0 saturated heterocycles. The summed E-state index contributed by atoms with van der Waals surface area (Å²) in [6, 6.07) is 6.20. The summed E-state index contributed by atoms with van der Waals surface area (Å²) in [7, 11) is 0. The molecule has 1 heterocycles. The van der Waals surface area contributed by atoms with Crippen LogP contribution in [0.1, 0.15) is 5.56 Å². The van der Waals surface area contributed by atoms with Crippen LogP contribution in [0.3, 0.4) is 0 Å². The number of hydrogen-bond acceptors (Lipinski definition) is 3. The highest BCUT2D eigenvalue weighted by Crippen LogP contribution is 2.35. The molecule has 0 amide bonds. The number of nitrogens with one attached hydrogen (secondary N) is 1. The Morgan fingerprint density at radius 1 is 1.21 bits per heavy atom. The van der Waals surface area contributed by atoms with E-state index in [9.17, 15) is 13.2 Å². The van der Waals surface area contributed by atoms with Crippen LogP contribution in [0.4, 0.5) is 30.4 Å². The summed E-state index contributed by atoms with van der Waals surface area (Å²) in [5.74, 6) is 0.253. The number of anilines is 3. The lowest BCUT2D eigenvalue weighted by Gasteiger charge is -2.12. The summed E-state index contributed by atoms with van der Waals surface area (Å²) < 4.78 is 37.8. The van der Waals surface area contributed by atoms with Gasteiger partial charge in [-0.1, -0.05) is 11.6 Å². The van der Waals surface area contributed by atoms with Crippen LogP contribution in [0.25, 0.3) is 0 Å². The van der Waals surface area contributed by atoms with Crippen molar-refractivity contribution in [3.63, 3.8) is 0 Å². The summed E-state index contributed by atoms with van der Waals surface area (Å²) in [4.78, 5) is 3.93. The molecule has 0 radical (unpaired) electrons. The first-order valence-electron chi connectivity index (χ1n) is 5.22. The number of hydrogen-bond donors (Lipinski definition) is 2. The van der Waals surface area contributed by atoms with Crippen LogP contribution in [0.2, 0.25) is 5.02 Å². The van der Waals surface area contributed by atoms with Crippen molar-refractivity contribution >= 4 is 28.8 Å². The minimum Gasteiger partial charge on any atom is -0.396 e. The Morgan fingerprint density at radius 3 is 2.58 bits per heavy atom. The van der Waals surface area contributed by atoms with Gasteiger partial charge in [-0.25, -0.2) is 4.98 Å². The average molecular weight is 288 g/mol. The normalized spacial score (nSPS) is 11.4. The van der Waals surface area contributed by atoms with E-state index in [0.717, 1.165) is 12.1 Å². The minimum absolute atomic E-state index is 0.0990. The zero-order valence-corrected chi connectivity index (χ0v) is 10.3. The van der Waals surface area contributed by atoms with Crippen LogP contribution >= 0.6 is 11.6 Å². The summed E-state index contributed by atoms with van der Waals surface area (Å²) >= 11 is 5.85. The van der Waals surface area contributed by atoms with Gasteiger partial charge in [0.1, 0.15) is 0 Å². The van der Waals surface area contributed by atoms with Crippen LogP contribution < -0.4 is 11.1 Å². The van der Waals surface area contributed by atoms with Crippen LogP contribution in [-0.4, -0.2) is 4.98 Å². The number of nitrogen functional groups attached to an aromatic ring is 1. The van der Waals surface area contributed by atoms with Gasteiger partial charge in [0.2, 0.25) is 0 Å². The Hall–Kier alpha value is -1.95. The summed E-state index contributed by atoms with van der Waals surface area (Å²) in [5, 5.41) is 2.84. The van der Waals surface area contributed by atoms with Gasteiger partial charge in [-0.05, 0) is 30.3 Å². The van der Waals surface area contributed by atoms with E-state index in [2.05, 4.69) is 10.3 Å². The first kappa shape index (κ1) is 13.5. The third-order valence-corrected chi connectivity index (χ3v) is 2.72. The Kier molecular flexibility index (Phi) is 3.53. The number of benzene rings is 1. The van der Waals surface area contributed by atoms with E-state index in [1.165, 1.54) is 12.3 Å². The van der Waals surface area contributed by atoms with Crippen molar-refractivity contribution in [2.24, 2.45) is 0 Å². The van der Waals surface area contributed by atoms with Crippen molar-refractivity contribution in [3.05, 3.63) is 47.1 Å². The predicted molar refractivity (Wildman–Crippen MR) is 68.4 cm³/mol. The number of aromatic nitrogens is 1. The van der Waals surface area contributed by atoms with Gasteiger partial charge < -0.3 is 11.1 Å². The Bertz CT molecular complexity index is 599. The maximum atomic E-state index is 12.6. The van der Waals surface area contributed by atoms with Gasteiger partial charge in [-0.2, -0.15) is 13.2 Å². The van der Waals surface area contributed by atoms with Crippen molar-refractivity contribution in [3.8, 4) is 0 Å². The molecule has 2 rings (SSSR count). The molecule has 0 unspecified atom stereocenters. The first-order chi connectivity index (χ1) is 8.88. The largest absolute Gasteiger partial charge is 0.416 e. The Balaban J connectivity index is 2.38. The van der Waals surface area contributed by atoms with Crippen molar-refractivity contribution < 1.29 is 13.2 Å². The molecule has 19 heavy (non-hydrogen) atoms. The molecule has 1 aromatic carbocycles. The van der Waals surface area contributed by atoms with Crippen molar-refractivity contribution in [1.29, 1.82) is 0 Å². The molecule has 1 aromatic heterocycles. The quantitative estimate of drug-likeness (QED) is 0.875. The monoisotopic (exact) mass is 287 g/mol. The lowest BCUT2D eigenvalue weighted by Crippen LogP contribution is -2.06. The third-order valence-electron chi connectivity index (χ3n) is 2.39. The molecule has 2 aromatic rings. The molecular formula is C12H9ClF3N3. The van der Waals surface area contributed by atoms with E-state index in [1.807, 2.05) is 0 Å². The Labute approximate surface area is 112 Å². The van der Waals surface area contributed by atoms with Gasteiger partial charge in [0.15, 0.2) is 5.82 Å². The van der Waals surface area contributed by atoms with Gasteiger partial charge in [-0.15, -0.1) is 0 Å². The SMILES string of the molecule is Nc1cccnc1Nc1cc(C(F)(F)F)ccc1Cl. The van der Waals surface area contributed by atoms with Gasteiger partial charge in [0, 0.05) is 6.20 Å². The predicted octanol–water partition coefficient (Wildman–Crippen LogP) is 4.08. The fourth-order valence-electron chi connectivity index (χ4n) is 1.45. The van der Waals surface area contributed by atoms with Gasteiger partial charge in [0.05, 0.1) is 22.0 Å². The van der Waals surface area contributed by atoms with Crippen LogP contribution in [-0.2, 0) is 6.18 Å². The Morgan fingerprint density at radius 2 is 1.95 bits per heavy atom. The lowest BCUT2D eigenvalue weighted by atomic mass is 10.2. The van der Waals surface area contributed by atoms with Crippen molar-refractivity contribution in [2.45, 2.75) is 6.18 Å². The van der Waals surface area contributed by atoms with Gasteiger partial charge in [0.25, 0.3) is 0 Å². The molecule has 7 heteroatoms. The van der Waals surface area contributed by atoms with Crippen LogP contribution in [0.15, 0.2) is 36.5 Å². The van der Waals surface area contributed by atoms with Crippen LogP contribution in [0, 0.1) is 0 Å². The summed E-state index contributed by atoms with van der Waals surface area (Å²) in [6.45, 7) is 0. The highest BCUT2D eigenvalue weighted by atomic mass is 35.5. The second kappa shape index (κ2) is 4.97. The molecule has 3 nitrogen and oxygen atoms in total. The minimum atomic E-state index is -4.43. The molecule has 0 bridgehead atoms. The van der Waals surface area contributed by atoms with Crippen molar-refractivity contribution in [2.75, 3.05) is 11.1 Å². The molecule has 100 valence electrons. The fraction of sp³-hybridized carbons (Fsp3) is 0.0833. The number of nitrogens with zero attached hydrogens (tertiary/aromatic N) is 1. The zero-order chi connectivity index (χ0) is 14.0. The molecule has 0 aliphatic rings. The van der Waals surface area contributed by atoms with Gasteiger partial charge >= 0.3 is 6.18 Å². The first-order valence-corrected chi connectivity index (χ1v) is 5.60. The maximum Gasteiger partial charge on any atom is 0.416 e. The molecule has 0 saturated carbocycles. The summed E-state index contributed by atoms with van der Waals surface area (Å²) in [6.07, 6.45) is -2.96. The van der Waals surface area contributed by atoms with E-state index in [-0.39, 0.29) is 16.5 Å². The maximum absolute atomic E-state index is 12.6. The number of nitrogens with two attached hydrogens (primary N) is 1. The average Bonchev–Trinajstić information content (AvgIpc) is 2.33. The van der Waals surface area contributed by atoms with Crippen LogP contribution in [0.5, 0.6) is 0 Å². The molecule has 3 N–H and O–H groups in total. The molecule has 0 atom stereocenters. The fourth-order valence-corrected chi connectivity index (χ4v) is 1.61. The highest BCUT2D eigenvalue weighted by molar-refractivity contribution is 6.33. The summed E-state index contributed by atoms with van der Waals surface area (Å²) in [5.41, 5.74) is 5.27. The topological polar surface area (TPSA) is 50.9 Å². The van der Waals surface area contributed by atoms with E-state index in [1.54, 1.807) is 12.1 Å². The second-order valence-electron chi connectivity index (χ2n) is 3.76. The van der Waals surface area contributed by atoms with E-state index >= 15 is 0 Å². The highest BCUT2D eigenvalue weighted by Gasteiger charge is 2.31. The number of alkyl halides is 3. The lowest BCUT2D eigenvalue weighted by molar-refractivity contribution is -0.137. The molecule has 0 aliphatic heterocycles. The molecule has 0 spiro atoms. The number of pyridine rings is 1. The number of rotatable bonds is 2. The molecular weight excluding hydrogens is 279 g/mol. The number of halogens is 4. The standard InChI is InChI=1S/C12H9ClF3N3/c13-8-4-3-7(12(14,15)16)6-10(8)19-11-9(17)2-1-5-18-11/h1-6H,17H2,(H,18,19). The molecule has 0 aliphatic carbocycles. The van der Waals surface area contributed by atoms with E-state index < -0.39 is 11.7 Å². The zero-order valence-electron chi connectivity index (χ0n) is 9.50. The van der Waals surface area contributed by atoms with E-state index in [0.29, 0.717) is 5.69 Å². The smallest absolute Gasteiger partial charge is 0.396 e.